The van der Waals surface area contributed by atoms with Crippen molar-refractivity contribution in [1.82, 2.24) is 0 Å². The van der Waals surface area contributed by atoms with Crippen molar-refractivity contribution in [2.75, 3.05) is 18.1 Å². The highest BCUT2D eigenvalue weighted by molar-refractivity contribution is 6.01. The highest BCUT2D eigenvalue weighted by atomic mass is 16.5. The van der Waals surface area contributed by atoms with Crippen molar-refractivity contribution in [2.45, 2.75) is 40.2 Å². The summed E-state index contributed by atoms with van der Waals surface area (Å²) in [6.45, 7) is 8.85. The third-order valence-electron chi connectivity index (χ3n) is 3.59. The number of carbonyl (C=O) groups excluding carboxylic acids is 2. The van der Waals surface area contributed by atoms with Crippen LogP contribution < -0.4 is 14.4 Å². The van der Waals surface area contributed by atoms with Gasteiger partial charge >= 0.3 is 0 Å². The molecule has 0 fully saturated rings. The molecule has 2 rings (SSSR count). The normalized spacial score (nSPS) is 17.2. The first-order valence-electron chi connectivity index (χ1n) is 7.77. The summed E-state index contributed by atoms with van der Waals surface area (Å²) in [5.41, 5.74) is 1.10. The monoisotopic (exact) mass is 305 g/mol. The zero-order chi connectivity index (χ0) is 16.3. The van der Waals surface area contributed by atoms with Crippen LogP contribution in [0.2, 0.25) is 0 Å². The molecule has 0 saturated carbocycles. The predicted molar refractivity (Wildman–Crippen MR) is 84.9 cm³/mol. The van der Waals surface area contributed by atoms with E-state index in [-0.39, 0.29) is 11.8 Å². The van der Waals surface area contributed by atoms with Crippen molar-refractivity contribution >= 4 is 17.9 Å². The first-order chi connectivity index (χ1) is 10.5. The standard InChI is InChI=1S/C17H23NO4/c1-5-7-18-13-8-12(10-19)9-14(21-6-2)16(13)22-15(11(3)4)17(18)20/h8-11,15H,5-7H2,1-4H3. The van der Waals surface area contributed by atoms with Gasteiger partial charge in [-0.15, -0.1) is 0 Å². The fraction of sp³-hybridized carbons (Fsp3) is 0.529. The summed E-state index contributed by atoms with van der Waals surface area (Å²) in [6, 6.07) is 3.35. The van der Waals surface area contributed by atoms with Crippen molar-refractivity contribution in [3.8, 4) is 11.5 Å². The van der Waals surface area contributed by atoms with Crippen molar-refractivity contribution in [3.05, 3.63) is 17.7 Å². The van der Waals surface area contributed by atoms with Crippen LogP contribution in [-0.4, -0.2) is 31.4 Å². The van der Waals surface area contributed by atoms with E-state index in [4.69, 9.17) is 9.47 Å². The minimum atomic E-state index is -0.527. The topological polar surface area (TPSA) is 55.8 Å². The fourth-order valence-corrected chi connectivity index (χ4v) is 2.58. The lowest BCUT2D eigenvalue weighted by Gasteiger charge is -2.36. The third kappa shape index (κ3) is 2.93. The molecule has 1 aromatic carbocycles. The Morgan fingerprint density at radius 3 is 2.64 bits per heavy atom. The predicted octanol–water partition coefficient (Wildman–Crippen LogP) is 3.06. The van der Waals surface area contributed by atoms with E-state index in [1.165, 1.54) is 0 Å². The smallest absolute Gasteiger partial charge is 0.268 e. The van der Waals surface area contributed by atoms with Gasteiger partial charge in [-0.25, -0.2) is 0 Å². The van der Waals surface area contributed by atoms with Gasteiger partial charge in [-0.3, -0.25) is 9.59 Å². The van der Waals surface area contributed by atoms with E-state index < -0.39 is 6.10 Å². The van der Waals surface area contributed by atoms with Crippen molar-refractivity contribution in [1.29, 1.82) is 0 Å². The molecule has 1 aromatic rings. The van der Waals surface area contributed by atoms with E-state index >= 15 is 0 Å². The van der Waals surface area contributed by atoms with Crippen molar-refractivity contribution in [2.24, 2.45) is 5.92 Å². The second-order valence-electron chi connectivity index (χ2n) is 5.69. The van der Waals surface area contributed by atoms with E-state index in [1.54, 1.807) is 17.0 Å². The second kappa shape index (κ2) is 6.81. The Kier molecular flexibility index (Phi) is 5.06. The lowest BCUT2D eigenvalue weighted by Crippen LogP contribution is -2.48. The second-order valence-corrected chi connectivity index (χ2v) is 5.69. The van der Waals surface area contributed by atoms with E-state index in [1.807, 2.05) is 27.7 Å². The molecule has 0 aliphatic carbocycles. The van der Waals surface area contributed by atoms with Gasteiger partial charge in [0.25, 0.3) is 5.91 Å². The third-order valence-corrected chi connectivity index (χ3v) is 3.59. The Labute approximate surface area is 131 Å². The summed E-state index contributed by atoms with van der Waals surface area (Å²) in [6.07, 6.45) is 1.05. The van der Waals surface area contributed by atoms with Gasteiger partial charge < -0.3 is 14.4 Å². The number of rotatable bonds is 6. The van der Waals surface area contributed by atoms with Crippen LogP contribution in [0.1, 0.15) is 44.5 Å². The summed E-state index contributed by atoms with van der Waals surface area (Å²) in [5.74, 6) is 1.07. The van der Waals surface area contributed by atoms with Crippen LogP contribution in [0.5, 0.6) is 11.5 Å². The van der Waals surface area contributed by atoms with Crippen molar-refractivity contribution in [3.63, 3.8) is 0 Å². The Morgan fingerprint density at radius 1 is 1.36 bits per heavy atom. The molecule has 0 radical (unpaired) electrons. The first kappa shape index (κ1) is 16.3. The maximum Gasteiger partial charge on any atom is 0.268 e. The molecule has 1 amide bonds. The molecular weight excluding hydrogens is 282 g/mol. The van der Waals surface area contributed by atoms with Crippen LogP contribution in [0.3, 0.4) is 0 Å². The number of carbonyl (C=O) groups is 2. The Bertz CT molecular complexity index is 568. The molecule has 1 unspecified atom stereocenters. The van der Waals surface area contributed by atoms with Gasteiger partial charge in [0.1, 0.15) is 6.29 Å². The maximum atomic E-state index is 12.7. The number of benzene rings is 1. The number of ether oxygens (including phenoxy) is 2. The summed E-state index contributed by atoms with van der Waals surface area (Å²) < 4.78 is 11.5. The molecule has 1 heterocycles. The fourth-order valence-electron chi connectivity index (χ4n) is 2.58. The molecule has 0 spiro atoms. The van der Waals surface area contributed by atoms with Gasteiger partial charge in [-0.05, 0) is 31.4 Å². The van der Waals surface area contributed by atoms with Gasteiger partial charge in [-0.2, -0.15) is 0 Å². The van der Waals surface area contributed by atoms with Crippen LogP contribution in [0.4, 0.5) is 5.69 Å². The van der Waals surface area contributed by atoms with Gasteiger partial charge in [-0.1, -0.05) is 20.8 Å². The maximum absolute atomic E-state index is 12.7. The summed E-state index contributed by atoms with van der Waals surface area (Å²) in [5, 5.41) is 0. The van der Waals surface area contributed by atoms with Crippen LogP contribution >= 0.6 is 0 Å². The summed E-state index contributed by atoms with van der Waals surface area (Å²) >= 11 is 0. The molecule has 0 saturated heterocycles. The average Bonchev–Trinajstić information content (AvgIpc) is 2.49. The first-order valence-corrected chi connectivity index (χ1v) is 7.77. The molecule has 1 atom stereocenters. The van der Waals surface area contributed by atoms with Crippen LogP contribution in [0.15, 0.2) is 12.1 Å². The zero-order valence-corrected chi connectivity index (χ0v) is 13.6. The molecule has 1 aliphatic heterocycles. The average molecular weight is 305 g/mol. The largest absolute Gasteiger partial charge is 0.490 e. The van der Waals surface area contributed by atoms with Crippen LogP contribution in [0, 0.1) is 5.92 Å². The Hall–Kier alpha value is -2.04. The highest BCUT2D eigenvalue weighted by Crippen LogP contribution is 2.43. The van der Waals surface area contributed by atoms with Crippen LogP contribution in [-0.2, 0) is 4.79 Å². The molecular formula is C17H23NO4. The minimum Gasteiger partial charge on any atom is -0.490 e. The Morgan fingerprint density at radius 2 is 2.09 bits per heavy atom. The zero-order valence-electron chi connectivity index (χ0n) is 13.6. The summed E-state index contributed by atoms with van der Waals surface area (Å²) in [7, 11) is 0. The quantitative estimate of drug-likeness (QED) is 0.758. The number of anilines is 1. The number of amides is 1. The number of hydrogen-bond acceptors (Lipinski definition) is 4. The van der Waals surface area contributed by atoms with Gasteiger partial charge in [0, 0.05) is 12.1 Å². The molecule has 0 N–H and O–H groups in total. The lowest BCUT2D eigenvalue weighted by atomic mass is 10.0. The number of aldehydes is 1. The van der Waals surface area contributed by atoms with Gasteiger partial charge in [0.15, 0.2) is 17.6 Å². The molecule has 5 heteroatoms. The van der Waals surface area contributed by atoms with Gasteiger partial charge in [0.2, 0.25) is 0 Å². The van der Waals surface area contributed by atoms with E-state index in [9.17, 15) is 9.59 Å². The molecule has 0 bridgehead atoms. The van der Waals surface area contributed by atoms with E-state index in [0.717, 1.165) is 12.7 Å². The molecule has 5 nitrogen and oxygen atoms in total. The Balaban J connectivity index is 2.58. The number of nitrogens with zero attached hydrogens (tertiary/aromatic N) is 1. The molecule has 22 heavy (non-hydrogen) atoms. The van der Waals surface area contributed by atoms with Gasteiger partial charge in [0.05, 0.1) is 12.3 Å². The number of hydrogen-bond donors (Lipinski definition) is 0. The SMILES string of the molecule is CCCN1C(=O)C(C(C)C)Oc2c(OCC)cc(C=O)cc21. The lowest BCUT2D eigenvalue weighted by molar-refractivity contribution is -0.128. The van der Waals surface area contributed by atoms with Crippen LogP contribution in [0.25, 0.3) is 0 Å². The van der Waals surface area contributed by atoms with E-state index in [0.29, 0.717) is 35.9 Å². The minimum absolute atomic E-state index is 0.0558. The van der Waals surface area contributed by atoms with E-state index in [2.05, 4.69) is 0 Å². The summed E-state index contributed by atoms with van der Waals surface area (Å²) in [4.78, 5) is 25.5. The molecule has 1 aliphatic rings. The molecule has 120 valence electrons. The highest BCUT2D eigenvalue weighted by Gasteiger charge is 2.37. The van der Waals surface area contributed by atoms with Crippen molar-refractivity contribution < 1.29 is 19.1 Å². The molecule has 0 aromatic heterocycles. The number of fused-ring (bicyclic) bond motifs is 1.